The van der Waals surface area contributed by atoms with Crippen LogP contribution in [0.15, 0.2) is 48.7 Å². The van der Waals surface area contributed by atoms with E-state index in [0.717, 1.165) is 37.7 Å². The first-order chi connectivity index (χ1) is 12.7. The minimum atomic E-state index is 0.550. The van der Waals surface area contributed by atoms with Crippen molar-refractivity contribution in [3.63, 3.8) is 0 Å². The molecule has 0 radical (unpaired) electrons. The van der Waals surface area contributed by atoms with Crippen LogP contribution in [0.25, 0.3) is 0 Å². The predicted molar refractivity (Wildman–Crippen MR) is 111 cm³/mol. The van der Waals surface area contributed by atoms with E-state index in [9.17, 15) is 0 Å². The van der Waals surface area contributed by atoms with Crippen LogP contribution in [0.2, 0.25) is 0 Å². The van der Waals surface area contributed by atoms with Crippen molar-refractivity contribution in [3.05, 3.63) is 54.2 Å². The van der Waals surface area contributed by atoms with Gasteiger partial charge in [-0.25, -0.2) is 4.98 Å². The van der Waals surface area contributed by atoms with Gasteiger partial charge in [0, 0.05) is 44.5 Å². The molecule has 4 heteroatoms. The van der Waals surface area contributed by atoms with Gasteiger partial charge in [-0.2, -0.15) is 0 Å². The first-order valence-electron chi connectivity index (χ1n) is 9.96. The molecule has 1 fully saturated rings. The highest BCUT2D eigenvalue weighted by Gasteiger charge is 2.30. The van der Waals surface area contributed by atoms with Crippen LogP contribution in [0.1, 0.15) is 39.2 Å². The largest absolute Gasteiger partial charge is 0.382 e. The van der Waals surface area contributed by atoms with Crippen molar-refractivity contribution in [2.24, 2.45) is 0 Å². The fourth-order valence-electron chi connectivity index (χ4n) is 4.07. The topological polar surface area (TPSA) is 31.4 Å². The summed E-state index contributed by atoms with van der Waals surface area (Å²) in [6.07, 6.45) is 4.28. The Hall–Kier alpha value is -2.07. The van der Waals surface area contributed by atoms with Crippen LogP contribution in [-0.2, 0) is 6.54 Å². The number of rotatable bonds is 7. The van der Waals surface area contributed by atoms with Gasteiger partial charge in [-0.05, 0) is 51.3 Å². The Morgan fingerprint density at radius 2 is 1.96 bits per heavy atom. The minimum Gasteiger partial charge on any atom is -0.382 e. The standard InChI is InChI=1S/C22H32N4/c1-4-23-21-12-9-14-24-22(21)26(5-2)20-13-15-25(18(3)16-20)17-19-10-7-6-8-11-19/h6-12,14,18,20,23H,4-5,13,15-17H2,1-3H3. The number of hydrogen-bond donors (Lipinski definition) is 1. The first kappa shape index (κ1) is 18.7. The van der Waals surface area contributed by atoms with Crippen molar-refractivity contribution in [2.75, 3.05) is 29.9 Å². The molecule has 1 aliphatic heterocycles. The lowest BCUT2D eigenvalue weighted by molar-refractivity contribution is 0.137. The molecule has 2 atom stereocenters. The predicted octanol–water partition coefficient (Wildman–Crippen LogP) is 4.39. The zero-order valence-electron chi connectivity index (χ0n) is 16.4. The number of aromatic nitrogens is 1. The summed E-state index contributed by atoms with van der Waals surface area (Å²) in [7, 11) is 0. The molecule has 4 nitrogen and oxygen atoms in total. The molecule has 0 bridgehead atoms. The molecule has 140 valence electrons. The van der Waals surface area contributed by atoms with E-state index in [-0.39, 0.29) is 0 Å². The van der Waals surface area contributed by atoms with Gasteiger partial charge in [0.25, 0.3) is 0 Å². The van der Waals surface area contributed by atoms with Crippen LogP contribution < -0.4 is 10.2 Å². The Kier molecular flexibility index (Phi) is 6.51. The molecule has 26 heavy (non-hydrogen) atoms. The van der Waals surface area contributed by atoms with E-state index in [1.807, 2.05) is 12.3 Å². The van der Waals surface area contributed by atoms with Gasteiger partial charge in [-0.3, -0.25) is 4.90 Å². The molecule has 0 aliphatic carbocycles. The lowest BCUT2D eigenvalue weighted by atomic mass is 9.96. The number of pyridine rings is 1. The summed E-state index contributed by atoms with van der Waals surface area (Å²) in [5.41, 5.74) is 2.56. The maximum absolute atomic E-state index is 4.71. The average Bonchev–Trinajstić information content (AvgIpc) is 2.67. The van der Waals surface area contributed by atoms with Crippen molar-refractivity contribution in [3.8, 4) is 0 Å². The van der Waals surface area contributed by atoms with Crippen LogP contribution in [0, 0.1) is 0 Å². The van der Waals surface area contributed by atoms with Gasteiger partial charge >= 0.3 is 0 Å². The highest BCUT2D eigenvalue weighted by Crippen LogP contribution is 2.30. The molecule has 0 spiro atoms. The van der Waals surface area contributed by atoms with Crippen molar-refractivity contribution in [2.45, 2.75) is 52.2 Å². The Balaban J connectivity index is 1.69. The van der Waals surface area contributed by atoms with Gasteiger partial charge in [-0.1, -0.05) is 30.3 Å². The summed E-state index contributed by atoms with van der Waals surface area (Å²) in [5, 5.41) is 3.47. The lowest BCUT2D eigenvalue weighted by Crippen LogP contribution is -2.49. The number of anilines is 2. The quantitative estimate of drug-likeness (QED) is 0.801. The molecule has 3 rings (SSSR count). The second kappa shape index (κ2) is 9.04. The van der Waals surface area contributed by atoms with Gasteiger partial charge < -0.3 is 10.2 Å². The lowest BCUT2D eigenvalue weighted by Gasteiger charge is -2.43. The van der Waals surface area contributed by atoms with Gasteiger partial charge in [-0.15, -0.1) is 0 Å². The van der Waals surface area contributed by atoms with Crippen molar-refractivity contribution < 1.29 is 0 Å². The van der Waals surface area contributed by atoms with E-state index in [1.165, 1.54) is 18.4 Å². The first-order valence-corrected chi connectivity index (χ1v) is 9.96. The maximum Gasteiger partial charge on any atom is 0.152 e. The van der Waals surface area contributed by atoms with E-state index in [4.69, 9.17) is 4.98 Å². The molecule has 0 saturated carbocycles. The Morgan fingerprint density at radius 1 is 1.15 bits per heavy atom. The minimum absolute atomic E-state index is 0.550. The van der Waals surface area contributed by atoms with Crippen LogP contribution in [0.5, 0.6) is 0 Å². The fourth-order valence-corrected chi connectivity index (χ4v) is 4.07. The third-order valence-electron chi connectivity index (χ3n) is 5.42. The molecular weight excluding hydrogens is 320 g/mol. The Morgan fingerprint density at radius 3 is 2.65 bits per heavy atom. The molecule has 1 aromatic carbocycles. The SMILES string of the molecule is CCNc1cccnc1N(CC)C1CCN(Cc2ccccc2)C(C)C1. The van der Waals surface area contributed by atoms with Crippen LogP contribution in [-0.4, -0.2) is 41.6 Å². The van der Waals surface area contributed by atoms with E-state index < -0.39 is 0 Å². The zero-order chi connectivity index (χ0) is 18.4. The number of piperidine rings is 1. The number of nitrogens with one attached hydrogen (secondary N) is 1. The smallest absolute Gasteiger partial charge is 0.152 e. The van der Waals surface area contributed by atoms with Gasteiger partial charge in [0.1, 0.15) is 0 Å². The second-order valence-electron chi connectivity index (χ2n) is 7.17. The van der Waals surface area contributed by atoms with E-state index in [1.54, 1.807) is 0 Å². The fraction of sp³-hybridized carbons (Fsp3) is 0.500. The highest BCUT2D eigenvalue weighted by atomic mass is 15.3. The normalized spacial score (nSPS) is 20.7. The summed E-state index contributed by atoms with van der Waals surface area (Å²) < 4.78 is 0. The Labute approximate surface area is 158 Å². The van der Waals surface area contributed by atoms with Crippen molar-refractivity contribution in [1.82, 2.24) is 9.88 Å². The highest BCUT2D eigenvalue weighted by molar-refractivity contribution is 5.65. The van der Waals surface area contributed by atoms with Gasteiger partial charge in [0.05, 0.1) is 5.69 Å². The zero-order valence-corrected chi connectivity index (χ0v) is 16.4. The monoisotopic (exact) mass is 352 g/mol. The maximum atomic E-state index is 4.71. The van der Waals surface area contributed by atoms with Crippen molar-refractivity contribution >= 4 is 11.5 Å². The van der Waals surface area contributed by atoms with Gasteiger partial charge in [0.15, 0.2) is 5.82 Å². The third-order valence-corrected chi connectivity index (χ3v) is 5.42. The molecule has 1 aromatic heterocycles. The summed E-state index contributed by atoms with van der Waals surface area (Å²) in [4.78, 5) is 9.81. The summed E-state index contributed by atoms with van der Waals surface area (Å²) >= 11 is 0. The Bertz CT molecular complexity index is 673. The van der Waals surface area contributed by atoms with Crippen LogP contribution >= 0.6 is 0 Å². The van der Waals surface area contributed by atoms with Gasteiger partial charge in [0.2, 0.25) is 0 Å². The number of hydrogen-bond acceptors (Lipinski definition) is 4. The van der Waals surface area contributed by atoms with E-state index in [0.29, 0.717) is 12.1 Å². The summed E-state index contributed by atoms with van der Waals surface area (Å²) in [6.45, 7) is 10.8. The second-order valence-corrected chi connectivity index (χ2v) is 7.17. The molecule has 2 heterocycles. The molecule has 1 aliphatic rings. The molecule has 0 amide bonds. The molecular formula is C22H32N4. The average molecular weight is 353 g/mol. The number of nitrogens with zero attached hydrogens (tertiary/aromatic N) is 3. The summed E-state index contributed by atoms with van der Waals surface area (Å²) in [5.74, 6) is 1.10. The molecule has 1 N–H and O–H groups in total. The van der Waals surface area contributed by atoms with Crippen LogP contribution in [0.3, 0.4) is 0 Å². The number of likely N-dealkylation sites (tertiary alicyclic amines) is 1. The number of benzene rings is 1. The third kappa shape index (κ3) is 4.36. The van der Waals surface area contributed by atoms with Crippen molar-refractivity contribution in [1.29, 1.82) is 0 Å². The van der Waals surface area contributed by atoms with Crippen LogP contribution in [0.4, 0.5) is 11.5 Å². The van der Waals surface area contributed by atoms with E-state index in [2.05, 4.69) is 72.3 Å². The molecule has 2 aromatic rings. The van der Waals surface area contributed by atoms with E-state index >= 15 is 0 Å². The molecule has 1 saturated heterocycles. The summed E-state index contributed by atoms with van der Waals surface area (Å²) in [6, 6.07) is 16.1. The molecule has 2 unspecified atom stereocenters.